The number of hydrogen-bond donors (Lipinski definition) is 3. The number of nitrogens with zero attached hydrogens (tertiary/aromatic N) is 2. The van der Waals surface area contributed by atoms with Crippen molar-refractivity contribution in [3.63, 3.8) is 0 Å². The van der Waals surface area contributed by atoms with Crippen molar-refractivity contribution in [1.82, 2.24) is 10.3 Å². The van der Waals surface area contributed by atoms with Crippen LogP contribution in [0.4, 0.5) is 14.9 Å². The number of halogens is 1. The average Bonchev–Trinajstić information content (AvgIpc) is 2.76. The molecule has 3 N–H and O–H groups in total. The summed E-state index contributed by atoms with van der Waals surface area (Å²) in [4.78, 5) is 16.5. The van der Waals surface area contributed by atoms with Gasteiger partial charge in [-0.15, -0.1) is 0 Å². The average molecular weight is 423 g/mol. The number of para-hydroxylation sites is 1. The number of morpholine rings is 1. The molecule has 8 nitrogen and oxygen atoms in total. The van der Waals surface area contributed by atoms with Crippen LogP contribution in [0.1, 0.15) is 11.1 Å². The number of aromatic hydroxyl groups is 1. The van der Waals surface area contributed by atoms with Crippen LogP contribution in [0.5, 0.6) is 17.2 Å². The van der Waals surface area contributed by atoms with E-state index in [1.54, 1.807) is 12.1 Å². The Morgan fingerprint density at radius 2 is 1.97 bits per heavy atom. The second-order valence-electron chi connectivity index (χ2n) is 7.28. The fraction of sp³-hybridized carbons (Fsp3) is 0.182. The molecule has 1 saturated heterocycles. The van der Waals surface area contributed by atoms with Gasteiger partial charge in [-0.05, 0) is 36.4 Å². The van der Waals surface area contributed by atoms with Gasteiger partial charge in [0.1, 0.15) is 28.5 Å². The first-order valence-corrected chi connectivity index (χ1v) is 9.62. The number of hydrogen-bond acceptors (Lipinski definition) is 6. The minimum absolute atomic E-state index is 0.0141. The Morgan fingerprint density at radius 3 is 2.77 bits per heavy atom. The van der Waals surface area contributed by atoms with Crippen LogP contribution in [0.25, 0.3) is 0 Å². The number of ether oxygens (including phenoxy) is 2. The van der Waals surface area contributed by atoms with Crippen LogP contribution >= 0.6 is 0 Å². The fourth-order valence-electron chi connectivity index (χ4n) is 4.16. The molecule has 1 aromatic heterocycles. The number of carbonyl (C=O) groups is 1. The second-order valence-corrected chi connectivity index (χ2v) is 7.28. The minimum Gasteiger partial charge on any atom is -0.508 e. The number of phenols is 1. The van der Waals surface area contributed by atoms with Gasteiger partial charge < -0.3 is 25.0 Å². The number of nitrogens with one attached hydrogen (secondary N) is 1. The van der Waals surface area contributed by atoms with Crippen LogP contribution in [0, 0.1) is 5.95 Å². The van der Waals surface area contributed by atoms with E-state index in [-0.39, 0.29) is 18.0 Å². The van der Waals surface area contributed by atoms with E-state index in [2.05, 4.69) is 10.3 Å². The zero-order valence-electron chi connectivity index (χ0n) is 16.2. The molecule has 1 fully saturated rings. The predicted molar refractivity (Wildman–Crippen MR) is 108 cm³/mol. The number of pyridine rings is 1. The third-order valence-electron chi connectivity index (χ3n) is 5.46. The highest BCUT2D eigenvalue weighted by Crippen LogP contribution is 2.51. The molecule has 2 atom stereocenters. The molecule has 3 aromatic rings. The molecule has 1 spiro atoms. The molecule has 158 valence electrons. The van der Waals surface area contributed by atoms with Crippen LogP contribution in [0.15, 0.2) is 60.8 Å². The molecule has 5 rings (SSSR count). The lowest BCUT2D eigenvalue weighted by Crippen LogP contribution is -2.59. The van der Waals surface area contributed by atoms with Crippen molar-refractivity contribution < 1.29 is 28.9 Å². The quantitative estimate of drug-likeness (QED) is 0.543. The van der Waals surface area contributed by atoms with E-state index < -0.39 is 23.9 Å². The molecular weight excluding hydrogens is 405 g/mol. The third kappa shape index (κ3) is 3.06. The van der Waals surface area contributed by atoms with Gasteiger partial charge in [0.15, 0.2) is 6.23 Å². The summed E-state index contributed by atoms with van der Waals surface area (Å²) in [6.07, 6.45) is -1.22. The summed E-state index contributed by atoms with van der Waals surface area (Å²) in [7, 11) is 0. The van der Waals surface area contributed by atoms with Crippen molar-refractivity contribution in [3.8, 4) is 17.2 Å². The molecule has 0 aliphatic carbocycles. The smallest absolute Gasteiger partial charge is 0.414 e. The van der Waals surface area contributed by atoms with E-state index in [0.717, 1.165) is 4.90 Å². The molecule has 0 saturated carbocycles. The first-order chi connectivity index (χ1) is 15.0. The Morgan fingerprint density at radius 1 is 1.16 bits per heavy atom. The lowest BCUT2D eigenvalue weighted by atomic mass is 9.82. The minimum atomic E-state index is -1.38. The van der Waals surface area contributed by atoms with Gasteiger partial charge in [0.2, 0.25) is 5.95 Å². The fourth-order valence-corrected chi connectivity index (χ4v) is 4.16. The summed E-state index contributed by atoms with van der Waals surface area (Å²) in [5.74, 6) is 0.129. The molecular formula is C22H18FN3O5. The van der Waals surface area contributed by atoms with Crippen LogP contribution in [-0.4, -0.2) is 40.6 Å². The molecule has 2 aromatic carbocycles. The van der Waals surface area contributed by atoms with Crippen molar-refractivity contribution in [3.05, 3.63) is 77.9 Å². The molecule has 2 aliphatic rings. The van der Waals surface area contributed by atoms with E-state index in [1.165, 1.54) is 30.5 Å². The number of aromatic nitrogens is 1. The number of benzene rings is 2. The number of amides is 1. The first-order valence-electron chi connectivity index (χ1n) is 9.62. The van der Waals surface area contributed by atoms with Crippen molar-refractivity contribution in [1.29, 1.82) is 0 Å². The molecule has 9 heteroatoms. The van der Waals surface area contributed by atoms with Crippen LogP contribution in [-0.2, 0) is 10.3 Å². The summed E-state index contributed by atoms with van der Waals surface area (Å²) in [5.41, 5.74) is -0.170. The lowest BCUT2D eigenvalue weighted by Gasteiger charge is -2.47. The number of carboxylic acid groups (broad SMARTS) is 1. The maximum absolute atomic E-state index is 14.4. The van der Waals surface area contributed by atoms with E-state index in [0.29, 0.717) is 29.2 Å². The molecule has 2 unspecified atom stereocenters. The van der Waals surface area contributed by atoms with Crippen LogP contribution in [0.3, 0.4) is 0 Å². The van der Waals surface area contributed by atoms with Gasteiger partial charge in [-0.2, -0.15) is 4.39 Å². The zero-order chi connectivity index (χ0) is 21.6. The van der Waals surface area contributed by atoms with Crippen LogP contribution < -0.4 is 15.0 Å². The monoisotopic (exact) mass is 423 g/mol. The molecule has 3 heterocycles. The predicted octanol–water partition coefficient (Wildman–Crippen LogP) is 3.41. The second kappa shape index (κ2) is 7.22. The van der Waals surface area contributed by atoms with Gasteiger partial charge in [0, 0.05) is 30.4 Å². The van der Waals surface area contributed by atoms with Gasteiger partial charge in [-0.25, -0.2) is 14.7 Å². The summed E-state index contributed by atoms with van der Waals surface area (Å²) in [5, 5.41) is 23.2. The number of anilines is 1. The Hall–Kier alpha value is -3.69. The van der Waals surface area contributed by atoms with E-state index in [9.17, 15) is 19.4 Å². The summed E-state index contributed by atoms with van der Waals surface area (Å²) in [6.45, 7) is 0.420. The standard InChI is InChI=1S/C22H18FN3O5/c23-20-16(5-3-9-25-20)26(21(28)29)19-11-24-12-22(31-19)14-4-1-2-6-17(14)30-18-8-7-13(27)10-15(18)22/h1-10,19,24,27H,11-12H2,(H,28,29). The van der Waals surface area contributed by atoms with Crippen molar-refractivity contribution in [2.45, 2.75) is 11.8 Å². The summed E-state index contributed by atoms with van der Waals surface area (Å²) < 4.78 is 26.8. The normalized spacial score (nSPS) is 21.6. The Balaban J connectivity index is 1.65. The molecule has 0 bridgehead atoms. The van der Waals surface area contributed by atoms with Gasteiger partial charge in [-0.3, -0.25) is 0 Å². The Bertz CT molecular complexity index is 1170. The van der Waals surface area contributed by atoms with E-state index >= 15 is 0 Å². The van der Waals surface area contributed by atoms with Crippen molar-refractivity contribution >= 4 is 11.8 Å². The highest BCUT2D eigenvalue weighted by Gasteiger charge is 2.49. The highest BCUT2D eigenvalue weighted by atomic mass is 19.1. The maximum atomic E-state index is 14.4. The van der Waals surface area contributed by atoms with Gasteiger partial charge in [0.25, 0.3) is 0 Å². The summed E-state index contributed by atoms with van der Waals surface area (Å²) >= 11 is 0. The number of rotatable bonds is 2. The molecule has 31 heavy (non-hydrogen) atoms. The van der Waals surface area contributed by atoms with Crippen molar-refractivity contribution in [2.75, 3.05) is 18.0 Å². The third-order valence-corrected chi connectivity index (χ3v) is 5.46. The Kier molecular flexibility index (Phi) is 4.49. The summed E-state index contributed by atoms with van der Waals surface area (Å²) in [6, 6.07) is 14.7. The SMILES string of the molecule is O=C(O)N(c1cccnc1F)C1CNCC2(O1)c1ccccc1Oc1ccc(O)cc12. The van der Waals surface area contributed by atoms with E-state index in [1.807, 2.05) is 18.2 Å². The lowest BCUT2D eigenvalue weighted by molar-refractivity contribution is -0.0982. The highest BCUT2D eigenvalue weighted by molar-refractivity contribution is 5.86. The van der Waals surface area contributed by atoms with Gasteiger partial charge >= 0.3 is 6.09 Å². The van der Waals surface area contributed by atoms with Gasteiger partial charge in [-0.1, -0.05) is 18.2 Å². The van der Waals surface area contributed by atoms with Crippen LogP contribution in [0.2, 0.25) is 0 Å². The number of phenolic OH excluding ortho intramolecular Hbond substituents is 1. The molecule has 1 amide bonds. The van der Waals surface area contributed by atoms with E-state index in [4.69, 9.17) is 9.47 Å². The topological polar surface area (TPSA) is 104 Å². The molecule has 2 aliphatic heterocycles. The maximum Gasteiger partial charge on any atom is 0.414 e. The van der Waals surface area contributed by atoms with Crippen molar-refractivity contribution in [2.24, 2.45) is 0 Å². The van der Waals surface area contributed by atoms with Gasteiger partial charge in [0.05, 0.1) is 0 Å². The largest absolute Gasteiger partial charge is 0.508 e. The number of fused-ring (bicyclic) bond motifs is 4. The Labute approximate surface area is 176 Å². The first kappa shape index (κ1) is 19.3. The zero-order valence-corrected chi connectivity index (χ0v) is 16.2. The molecule has 0 radical (unpaired) electrons.